The van der Waals surface area contributed by atoms with Crippen molar-refractivity contribution < 1.29 is 37.1 Å². The van der Waals surface area contributed by atoms with E-state index in [4.69, 9.17) is 15.4 Å². The number of fused-ring (bicyclic) bond motifs is 2. The quantitative estimate of drug-likeness (QED) is 0.140. The van der Waals surface area contributed by atoms with Gasteiger partial charge in [-0.15, -0.1) is 5.11 Å². The van der Waals surface area contributed by atoms with Crippen LogP contribution in [0.5, 0.6) is 11.5 Å². The molecule has 19 heteroatoms. The molecule has 5 aliphatic heterocycles. The summed E-state index contributed by atoms with van der Waals surface area (Å²) in [5.41, 5.74) is 10.3. The summed E-state index contributed by atoms with van der Waals surface area (Å²) in [6.07, 6.45) is -1.16. The van der Waals surface area contributed by atoms with Crippen LogP contribution in [-0.2, 0) is 15.8 Å². The van der Waals surface area contributed by atoms with Gasteiger partial charge in [0.15, 0.2) is 11.5 Å². The number of piperidine rings is 2. The van der Waals surface area contributed by atoms with Gasteiger partial charge in [0.2, 0.25) is 11.8 Å². The standard InChI is InChI=1S/C42H38F3N11O5/c43-42(44,45)24-3-8-30(9-4-24)61-29-6-1-23(2-7-29)36-35-37(50-46)47-22-48-38(35)56(51-36)25-13-15-52(16-14-25)27-18-54(19-27)28-20-53(21-28)26-5-10-31-32(17-26)41(60)55(40(31)59)33-11-12-34(57)49-39(33)58/h1-10,17,22,25,27-28,33,46H,11-16,18-21H2,(H,49,57,58). The van der Waals surface area contributed by atoms with Gasteiger partial charge in [0.1, 0.15) is 29.6 Å². The smallest absolute Gasteiger partial charge is 0.416 e. The Balaban J connectivity index is 0.744. The summed E-state index contributed by atoms with van der Waals surface area (Å²) in [4.78, 5) is 67.5. The summed E-state index contributed by atoms with van der Waals surface area (Å²) < 4.78 is 46.7. The van der Waals surface area contributed by atoms with Gasteiger partial charge >= 0.3 is 6.18 Å². The number of benzene rings is 3. The second-order valence-electron chi connectivity index (χ2n) is 16.1. The predicted octanol–water partition coefficient (Wildman–Crippen LogP) is 5.58. The van der Waals surface area contributed by atoms with Gasteiger partial charge in [-0.2, -0.15) is 18.3 Å². The van der Waals surface area contributed by atoms with Crippen LogP contribution in [0.15, 0.2) is 78.2 Å². The molecule has 5 aliphatic rings. The van der Waals surface area contributed by atoms with Crippen LogP contribution in [0, 0.1) is 5.53 Å². The Kier molecular flexibility index (Phi) is 9.39. The molecule has 10 rings (SSSR count). The third kappa shape index (κ3) is 6.86. The fourth-order valence-electron chi connectivity index (χ4n) is 9.09. The van der Waals surface area contributed by atoms with E-state index in [-0.39, 0.29) is 41.6 Å². The Morgan fingerprint density at radius 2 is 1.44 bits per heavy atom. The predicted molar refractivity (Wildman–Crippen MR) is 211 cm³/mol. The molecule has 2 aromatic heterocycles. The molecule has 312 valence electrons. The highest BCUT2D eigenvalue weighted by Gasteiger charge is 2.46. The highest BCUT2D eigenvalue weighted by molar-refractivity contribution is 6.23. The number of carbonyl (C=O) groups excluding carboxylic acids is 4. The van der Waals surface area contributed by atoms with Crippen molar-refractivity contribution in [3.05, 3.63) is 89.7 Å². The number of hydrogen-bond donors (Lipinski definition) is 2. The van der Waals surface area contributed by atoms with E-state index in [1.54, 1.807) is 36.4 Å². The molecule has 1 unspecified atom stereocenters. The number of alkyl halides is 3. The topological polar surface area (TPSA) is 182 Å². The average molecular weight is 834 g/mol. The molecular formula is C42H38F3N11O5. The first-order chi connectivity index (χ1) is 29.4. The Labute approximate surface area is 345 Å². The minimum absolute atomic E-state index is 0.0604. The molecule has 4 amide bonds. The Morgan fingerprint density at radius 3 is 2.11 bits per heavy atom. The number of likely N-dealkylation sites (tertiary alicyclic amines) is 2. The molecule has 3 aromatic carbocycles. The third-order valence-electron chi connectivity index (χ3n) is 12.5. The van der Waals surface area contributed by atoms with Crippen LogP contribution < -0.4 is 15.0 Å². The average Bonchev–Trinajstić information content (AvgIpc) is 3.73. The number of amides is 4. The maximum Gasteiger partial charge on any atom is 0.416 e. The van der Waals surface area contributed by atoms with Gasteiger partial charge in [-0.25, -0.2) is 20.2 Å². The lowest BCUT2D eigenvalue weighted by atomic mass is 9.95. The molecule has 0 aliphatic carbocycles. The maximum atomic E-state index is 13.3. The largest absolute Gasteiger partial charge is 0.457 e. The Morgan fingerprint density at radius 1 is 0.770 bits per heavy atom. The fraction of sp³-hybridized carbons (Fsp3) is 0.357. The zero-order valence-electron chi connectivity index (χ0n) is 32.5. The zero-order chi connectivity index (χ0) is 42.2. The summed E-state index contributed by atoms with van der Waals surface area (Å²) in [5.74, 6) is -1.15. The van der Waals surface area contributed by atoms with Crippen molar-refractivity contribution in [2.45, 2.75) is 56.0 Å². The van der Waals surface area contributed by atoms with Crippen LogP contribution in [0.1, 0.15) is 58.0 Å². The number of hydrogen-bond acceptors (Lipinski definition) is 13. The van der Waals surface area contributed by atoms with Gasteiger partial charge in [-0.1, -0.05) is 0 Å². The van der Waals surface area contributed by atoms with Gasteiger partial charge in [-0.3, -0.25) is 39.2 Å². The normalized spacial score (nSPS) is 20.8. The van der Waals surface area contributed by atoms with E-state index >= 15 is 0 Å². The molecule has 61 heavy (non-hydrogen) atoms. The SMILES string of the molecule is N=Nc1ncnc2c1c(-c1ccc(Oc3ccc(C(F)(F)F)cc3)cc1)nn2C1CCN(C2CN(C3CN(c4ccc5c(c4)C(=O)N(C4CCC(=O)NC4=O)C5=O)C3)C2)CC1. The molecule has 7 heterocycles. The second-order valence-corrected chi connectivity index (χ2v) is 16.1. The van der Waals surface area contributed by atoms with Crippen LogP contribution in [0.25, 0.3) is 22.3 Å². The first-order valence-electron chi connectivity index (χ1n) is 20.1. The summed E-state index contributed by atoms with van der Waals surface area (Å²) in [6.45, 7) is 5.26. The molecule has 4 saturated heterocycles. The number of imide groups is 2. The molecule has 0 saturated carbocycles. The molecule has 2 N–H and O–H groups in total. The van der Waals surface area contributed by atoms with Crippen LogP contribution >= 0.6 is 0 Å². The van der Waals surface area contributed by atoms with E-state index in [1.807, 2.05) is 10.7 Å². The minimum atomic E-state index is -4.43. The highest BCUT2D eigenvalue weighted by atomic mass is 19.4. The molecule has 4 fully saturated rings. The van der Waals surface area contributed by atoms with Crippen molar-refractivity contribution in [1.82, 2.24) is 39.8 Å². The zero-order valence-corrected chi connectivity index (χ0v) is 32.5. The van der Waals surface area contributed by atoms with Gasteiger partial charge in [0.25, 0.3) is 11.8 Å². The number of rotatable bonds is 9. The molecule has 5 aromatic rings. The van der Waals surface area contributed by atoms with Crippen molar-refractivity contribution in [2.24, 2.45) is 5.11 Å². The van der Waals surface area contributed by atoms with E-state index in [0.717, 1.165) is 80.4 Å². The first kappa shape index (κ1) is 38.6. The third-order valence-corrected chi connectivity index (χ3v) is 12.5. The fourth-order valence-corrected chi connectivity index (χ4v) is 9.09. The van der Waals surface area contributed by atoms with Crippen LogP contribution in [-0.4, -0.2) is 115 Å². The number of anilines is 1. The first-order valence-corrected chi connectivity index (χ1v) is 20.1. The molecule has 0 radical (unpaired) electrons. The van der Waals surface area contributed by atoms with Gasteiger partial charge in [-0.05, 0) is 86.0 Å². The van der Waals surface area contributed by atoms with E-state index < -0.39 is 41.4 Å². The van der Waals surface area contributed by atoms with E-state index in [1.165, 1.54) is 18.5 Å². The summed E-state index contributed by atoms with van der Waals surface area (Å²) in [5, 5.41) is 11.5. The molecular weight excluding hydrogens is 796 g/mol. The minimum Gasteiger partial charge on any atom is -0.457 e. The van der Waals surface area contributed by atoms with Crippen LogP contribution in [0.2, 0.25) is 0 Å². The van der Waals surface area contributed by atoms with Crippen molar-refractivity contribution in [3.63, 3.8) is 0 Å². The molecule has 0 spiro atoms. The maximum absolute atomic E-state index is 13.3. The van der Waals surface area contributed by atoms with Gasteiger partial charge < -0.3 is 9.64 Å². The molecule has 16 nitrogen and oxygen atoms in total. The van der Waals surface area contributed by atoms with E-state index in [0.29, 0.717) is 34.6 Å². The van der Waals surface area contributed by atoms with E-state index in [2.05, 4.69) is 35.1 Å². The second kappa shape index (κ2) is 14.8. The van der Waals surface area contributed by atoms with Crippen molar-refractivity contribution in [1.29, 1.82) is 5.53 Å². The number of aromatic nitrogens is 4. The van der Waals surface area contributed by atoms with Crippen LogP contribution in [0.3, 0.4) is 0 Å². The van der Waals surface area contributed by atoms with Crippen molar-refractivity contribution in [3.8, 4) is 22.8 Å². The van der Waals surface area contributed by atoms with Gasteiger partial charge in [0, 0.05) is 69.0 Å². The summed E-state index contributed by atoms with van der Waals surface area (Å²) in [6, 6.07) is 16.6. The van der Waals surface area contributed by atoms with Crippen molar-refractivity contribution >= 4 is 46.2 Å². The number of nitrogens with zero attached hydrogens (tertiary/aromatic N) is 9. The lowest BCUT2D eigenvalue weighted by Crippen LogP contribution is -2.70. The summed E-state index contributed by atoms with van der Waals surface area (Å²) >= 11 is 0. The Hall–Kier alpha value is -6.60. The number of carbonyl (C=O) groups is 4. The molecule has 0 bridgehead atoms. The lowest BCUT2D eigenvalue weighted by molar-refractivity contribution is -0.138. The highest BCUT2D eigenvalue weighted by Crippen LogP contribution is 2.39. The number of halogens is 3. The van der Waals surface area contributed by atoms with Crippen LogP contribution in [0.4, 0.5) is 24.7 Å². The van der Waals surface area contributed by atoms with Gasteiger partial charge in [0.05, 0.1) is 28.1 Å². The summed E-state index contributed by atoms with van der Waals surface area (Å²) in [7, 11) is 0. The number of ether oxygens (including phenoxy) is 1. The Bertz CT molecular complexity index is 2600. The lowest BCUT2D eigenvalue weighted by Gasteiger charge is -2.55. The van der Waals surface area contributed by atoms with Crippen molar-refractivity contribution in [2.75, 3.05) is 44.2 Å². The number of nitrogens with one attached hydrogen (secondary N) is 2. The monoisotopic (exact) mass is 833 g/mol. The molecule has 1 atom stereocenters. The van der Waals surface area contributed by atoms with E-state index in [9.17, 15) is 32.3 Å².